The van der Waals surface area contributed by atoms with E-state index in [4.69, 9.17) is 0 Å². The van der Waals surface area contributed by atoms with Crippen molar-refractivity contribution in [2.24, 2.45) is 0 Å². The van der Waals surface area contributed by atoms with E-state index in [1.807, 2.05) is 24.3 Å². The summed E-state index contributed by atoms with van der Waals surface area (Å²) in [6.07, 6.45) is 3.50. The number of halogens is 2. The molecule has 0 amide bonds. The van der Waals surface area contributed by atoms with Crippen molar-refractivity contribution in [2.75, 3.05) is 0 Å². The van der Waals surface area contributed by atoms with Gasteiger partial charge in [-0.1, -0.05) is 6.07 Å². The molecule has 0 bridgehead atoms. The molecule has 0 spiro atoms. The van der Waals surface area contributed by atoms with Gasteiger partial charge >= 0.3 is 0 Å². The summed E-state index contributed by atoms with van der Waals surface area (Å²) in [4.78, 5) is 8.51. The normalized spacial score (nSPS) is 9.47. The van der Waals surface area contributed by atoms with Gasteiger partial charge in [-0.3, -0.25) is 9.97 Å². The van der Waals surface area contributed by atoms with E-state index in [-0.39, 0.29) is 16.5 Å². The van der Waals surface area contributed by atoms with Crippen molar-refractivity contribution in [1.82, 2.24) is 9.97 Å². The molecule has 0 atom stereocenters. The molecule has 2 aromatic rings. The Morgan fingerprint density at radius 1 is 0.933 bits per heavy atom. The maximum absolute atomic E-state index is 4.27. The fraction of sp³-hybridized carbons (Fsp3) is 0. The van der Waals surface area contributed by atoms with Crippen LogP contribution in [-0.2, 0) is 16.5 Å². The topological polar surface area (TPSA) is 25.8 Å². The first-order valence-corrected chi connectivity index (χ1v) is 5.59. The van der Waals surface area contributed by atoms with Crippen molar-refractivity contribution >= 4 is 31.9 Å². The molecule has 5 heteroatoms. The van der Waals surface area contributed by atoms with Crippen LogP contribution in [0.3, 0.4) is 0 Å². The van der Waals surface area contributed by atoms with Crippen LogP contribution in [0.1, 0.15) is 0 Å². The Hall–Kier alpha value is -0.246. The van der Waals surface area contributed by atoms with Crippen LogP contribution in [-0.4, -0.2) is 9.97 Å². The zero-order valence-electron chi connectivity index (χ0n) is 7.43. The van der Waals surface area contributed by atoms with Gasteiger partial charge in [0.15, 0.2) is 0 Å². The Morgan fingerprint density at radius 3 is 2.40 bits per heavy atom. The molecule has 2 rings (SSSR count). The summed E-state index contributed by atoms with van der Waals surface area (Å²) in [6, 6.07) is 7.64. The van der Waals surface area contributed by atoms with E-state index < -0.39 is 0 Å². The Bertz CT molecular complexity index is 448. The fourth-order valence-electron chi connectivity index (χ4n) is 1.10. The van der Waals surface area contributed by atoms with Gasteiger partial charge in [0, 0.05) is 33.4 Å². The Balaban J connectivity index is 0.00000112. The van der Waals surface area contributed by atoms with Crippen molar-refractivity contribution in [3.63, 3.8) is 0 Å². The molecule has 0 radical (unpaired) electrons. The van der Waals surface area contributed by atoms with Gasteiger partial charge in [-0.25, -0.2) is 0 Å². The Labute approximate surface area is 115 Å². The van der Waals surface area contributed by atoms with Gasteiger partial charge in [-0.2, -0.15) is 0 Å². The average molecular weight is 373 g/mol. The summed E-state index contributed by atoms with van der Waals surface area (Å²) in [5.41, 5.74) is 1.71. The molecule has 15 heavy (non-hydrogen) atoms. The van der Waals surface area contributed by atoms with Crippen molar-refractivity contribution in [1.29, 1.82) is 0 Å². The molecule has 0 unspecified atom stereocenters. The first-order valence-electron chi connectivity index (χ1n) is 4.00. The molecule has 0 saturated heterocycles. The van der Waals surface area contributed by atoms with E-state index in [9.17, 15) is 0 Å². The van der Waals surface area contributed by atoms with Crippen molar-refractivity contribution < 1.29 is 16.5 Å². The van der Waals surface area contributed by atoms with Gasteiger partial charge in [0.1, 0.15) is 5.69 Å². The standard InChI is InChI=1S/C10H6Br2N2.Ni/c11-7-4-6-14-10(9(7)12)8-3-1-2-5-13-8;/h1-6H;. The van der Waals surface area contributed by atoms with Gasteiger partial charge in [-0.05, 0) is 50.1 Å². The minimum absolute atomic E-state index is 0. The van der Waals surface area contributed by atoms with E-state index in [0.29, 0.717) is 0 Å². The van der Waals surface area contributed by atoms with Gasteiger partial charge in [0.05, 0.1) is 10.2 Å². The second-order valence-electron chi connectivity index (χ2n) is 2.67. The van der Waals surface area contributed by atoms with E-state index in [1.165, 1.54) is 0 Å². The predicted octanol–water partition coefficient (Wildman–Crippen LogP) is 3.67. The van der Waals surface area contributed by atoms with E-state index in [1.54, 1.807) is 12.4 Å². The quantitative estimate of drug-likeness (QED) is 0.714. The van der Waals surface area contributed by atoms with Crippen LogP contribution >= 0.6 is 31.9 Å². The largest absolute Gasteiger partial charge is 0.255 e. The molecule has 0 aliphatic carbocycles. The second kappa shape index (κ2) is 5.73. The van der Waals surface area contributed by atoms with Gasteiger partial charge < -0.3 is 0 Å². The Kier molecular flexibility index (Phi) is 4.90. The van der Waals surface area contributed by atoms with Crippen LogP contribution in [0.5, 0.6) is 0 Å². The number of aromatic nitrogens is 2. The minimum atomic E-state index is 0. The van der Waals surface area contributed by atoms with Crippen LogP contribution in [0.25, 0.3) is 11.4 Å². The predicted molar refractivity (Wildman–Crippen MR) is 62.9 cm³/mol. The first kappa shape index (κ1) is 12.8. The van der Waals surface area contributed by atoms with Crippen LogP contribution in [0.2, 0.25) is 0 Å². The van der Waals surface area contributed by atoms with Crippen LogP contribution in [0, 0.1) is 0 Å². The number of hydrogen-bond acceptors (Lipinski definition) is 2. The number of rotatable bonds is 1. The summed E-state index contributed by atoms with van der Waals surface area (Å²) in [5.74, 6) is 0. The number of pyridine rings is 2. The first-order chi connectivity index (χ1) is 6.79. The summed E-state index contributed by atoms with van der Waals surface area (Å²) < 4.78 is 1.91. The molecular weight excluding hydrogens is 367 g/mol. The third-order valence-electron chi connectivity index (χ3n) is 1.75. The van der Waals surface area contributed by atoms with Crippen molar-refractivity contribution in [3.8, 4) is 11.4 Å². The smallest absolute Gasteiger partial charge is 0.104 e. The molecule has 0 aliphatic rings. The molecular formula is C10H6Br2N2Ni. The third kappa shape index (κ3) is 2.86. The molecule has 0 fully saturated rings. The van der Waals surface area contributed by atoms with E-state index in [2.05, 4.69) is 41.8 Å². The van der Waals surface area contributed by atoms with Crippen molar-refractivity contribution in [2.45, 2.75) is 0 Å². The monoisotopic (exact) mass is 370 g/mol. The molecule has 0 saturated carbocycles. The molecule has 2 nitrogen and oxygen atoms in total. The van der Waals surface area contributed by atoms with Crippen LogP contribution in [0.4, 0.5) is 0 Å². The van der Waals surface area contributed by atoms with E-state index >= 15 is 0 Å². The molecule has 0 aromatic carbocycles. The van der Waals surface area contributed by atoms with E-state index in [0.717, 1.165) is 20.3 Å². The molecule has 2 aromatic heterocycles. The SMILES string of the molecule is Brc1ccnc(-c2ccccn2)c1Br.[Ni]. The van der Waals surface area contributed by atoms with Crippen LogP contribution < -0.4 is 0 Å². The van der Waals surface area contributed by atoms with Crippen molar-refractivity contribution in [3.05, 3.63) is 45.6 Å². The summed E-state index contributed by atoms with van der Waals surface area (Å²) in [6.45, 7) is 0. The number of hydrogen-bond donors (Lipinski definition) is 0. The molecule has 2 heterocycles. The minimum Gasteiger partial charge on any atom is -0.255 e. The van der Waals surface area contributed by atoms with Crippen LogP contribution in [0.15, 0.2) is 45.6 Å². The molecule has 80 valence electrons. The average Bonchev–Trinajstić information content (AvgIpc) is 2.23. The second-order valence-corrected chi connectivity index (χ2v) is 4.32. The Morgan fingerprint density at radius 2 is 1.73 bits per heavy atom. The molecule has 0 aliphatic heterocycles. The maximum atomic E-state index is 4.27. The van der Waals surface area contributed by atoms with Gasteiger partial charge in [-0.15, -0.1) is 0 Å². The summed E-state index contributed by atoms with van der Waals surface area (Å²) in [7, 11) is 0. The molecule has 0 N–H and O–H groups in total. The third-order valence-corrected chi connectivity index (χ3v) is 3.75. The zero-order chi connectivity index (χ0) is 9.97. The number of nitrogens with zero attached hydrogens (tertiary/aromatic N) is 2. The summed E-state index contributed by atoms with van der Waals surface area (Å²) in [5, 5.41) is 0. The maximum Gasteiger partial charge on any atom is 0.104 e. The fourth-order valence-corrected chi connectivity index (χ4v) is 1.85. The zero-order valence-corrected chi connectivity index (χ0v) is 11.6. The van der Waals surface area contributed by atoms with Gasteiger partial charge in [0.25, 0.3) is 0 Å². The van der Waals surface area contributed by atoms with Gasteiger partial charge in [0.2, 0.25) is 0 Å². The summed E-state index contributed by atoms with van der Waals surface area (Å²) >= 11 is 6.90.